The van der Waals surface area contributed by atoms with Crippen molar-refractivity contribution in [1.82, 2.24) is 5.32 Å². The molecule has 0 aromatic heterocycles. The van der Waals surface area contributed by atoms with Crippen LogP contribution in [0.4, 0.5) is 5.69 Å². The highest BCUT2D eigenvalue weighted by molar-refractivity contribution is 5.93. The minimum atomic E-state index is -1.10. The van der Waals surface area contributed by atoms with Gasteiger partial charge in [0.2, 0.25) is 0 Å². The van der Waals surface area contributed by atoms with Gasteiger partial charge in [-0.1, -0.05) is 0 Å². The summed E-state index contributed by atoms with van der Waals surface area (Å²) in [4.78, 5) is 21.8. The monoisotopic (exact) mass is 238 g/mol. The summed E-state index contributed by atoms with van der Waals surface area (Å²) in [6.45, 7) is 2.21. The number of anilines is 1. The molecule has 1 aromatic rings. The molecule has 0 heterocycles. The average molecular weight is 238 g/mol. The molecule has 0 unspecified atom stereocenters. The molecule has 92 valence electrons. The average Bonchev–Trinajstić information content (AvgIpc) is 2.26. The summed E-state index contributed by atoms with van der Waals surface area (Å²) < 4.78 is 5.15. The Morgan fingerprint density at radius 2 is 2.18 bits per heavy atom. The van der Waals surface area contributed by atoms with E-state index in [1.54, 1.807) is 6.92 Å². The summed E-state index contributed by atoms with van der Waals surface area (Å²) in [5, 5.41) is 11.3. The topological polar surface area (TPSA) is 102 Å². The highest BCUT2D eigenvalue weighted by Gasteiger charge is 2.09. The number of hydrogen-bond acceptors (Lipinski definition) is 4. The van der Waals surface area contributed by atoms with Gasteiger partial charge in [0.1, 0.15) is 5.75 Å². The van der Waals surface area contributed by atoms with Crippen LogP contribution in [-0.4, -0.2) is 30.1 Å². The van der Waals surface area contributed by atoms with E-state index in [9.17, 15) is 9.59 Å². The SMILES string of the molecule is CCNC(=O)COc1ccc(C(=O)O)c(N)c1. The van der Waals surface area contributed by atoms with Crippen LogP contribution < -0.4 is 15.8 Å². The molecule has 6 heteroatoms. The molecule has 0 radical (unpaired) electrons. The fourth-order valence-corrected chi connectivity index (χ4v) is 1.22. The van der Waals surface area contributed by atoms with Gasteiger partial charge in [0, 0.05) is 18.3 Å². The lowest BCUT2D eigenvalue weighted by atomic mass is 10.2. The number of aromatic carboxylic acids is 1. The van der Waals surface area contributed by atoms with Crippen molar-refractivity contribution in [3.05, 3.63) is 23.8 Å². The van der Waals surface area contributed by atoms with E-state index in [0.29, 0.717) is 12.3 Å². The number of nitrogens with one attached hydrogen (secondary N) is 1. The summed E-state index contributed by atoms with van der Waals surface area (Å²) in [5.41, 5.74) is 5.64. The van der Waals surface area contributed by atoms with E-state index in [1.807, 2.05) is 0 Å². The van der Waals surface area contributed by atoms with Crippen molar-refractivity contribution in [2.75, 3.05) is 18.9 Å². The largest absolute Gasteiger partial charge is 0.484 e. The first kappa shape index (κ1) is 12.8. The first-order valence-electron chi connectivity index (χ1n) is 5.07. The zero-order valence-corrected chi connectivity index (χ0v) is 9.40. The van der Waals surface area contributed by atoms with E-state index in [0.717, 1.165) is 0 Å². The third-order valence-electron chi connectivity index (χ3n) is 2.00. The molecule has 6 nitrogen and oxygen atoms in total. The maximum atomic E-state index is 11.1. The minimum absolute atomic E-state index is 0.00959. The fourth-order valence-electron chi connectivity index (χ4n) is 1.22. The van der Waals surface area contributed by atoms with Gasteiger partial charge in [0.25, 0.3) is 5.91 Å². The van der Waals surface area contributed by atoms with Gasteiger partial charge >= 0.3 is 5.97 Å². The van der Waals surface area contributed by atoms with Crippen LogP contribution in [0.5, 0.6) is 5.75 Å². The van der Waals surface area contributed by atoms with Crippen LogP contribution >= 0.6 is 0 Å². The lowest BCUT2D eigenvalue weighted by Gasteiger charge is -2.07. The van der Waals surface area contributed by atoms with Crippen molar-refractivity contribution in [2.45, 2.75) is 6.92 Å². The van der Waals surface area contributed by atoms with E-state index < -0.39 is 5.97 Å². The zero-order chi connectivity index (χ0) is 12.8. The van der Waals surface area contributed by atoms with Gasteiger partial charge in [-0.3, -0.25) is 4.79 Å². The molecule has 1 aromatic carbocycles. The number of carboxylic acid groups (broad SMARTS) is 1. The number of nitrogens with two attached hydrogens (primary N) is 1. The molecular weight excluding hydrogens is 224 g/mol. The first-order valence-corrected chi connectivity index (χ1v) is 5.07. The highest BCUT2D eigenvalue weighted by atomic mass is 16.5. The van der Waals surface area contributed by atoms with Crippen molar-refractivity contribution < 1.29 is 19.4 Å². The number of carboxylic acids is 1. The van der Waals surface area contributed by atoms with Gasteiger partial charge in [0.05, 0.1) is 5.56 Å². The molecule has 0 bridgehead atoms. The van der Waals surface area contributed by atoms with E-state index in [4.69, 9.17) is 15.6 Å². The number of hydrogen-bond donors (Lipinski definition) is 3. The predicted octanol–water partition coefficient (Wildman–Crippen LogP) is 0.482. The third-order valence-corrected chi connectivity index (χ3v) is 2.00. The normalized spacial score (nSPS) is 9.71. The number of nitrogen functional groups attached to an aromatic ring is 1. The van der Waals surface area contributed by atoms with Crippen LogP contribution in [0.25, 0.3) is 0 Å². The van der Waals surface area contributed by atoms with Crippen LogP contribution in [-0.2, 0) is 4.79 Å². The molecule has 0 aliphatic carbocycles. The summed E-state index contributed by atoms with van der Waals surface area (Å²) in [5.74, 6) is -0.982. The van der Waals surface area contributed by atoms with Crippen molar-refractivity contribution in [3.8, 4) is 5.75 Å². The van der Waals surface area contributed by atoms with E-state index in [2.05, 4.69) is 5.32 Å². The predicted molar refractivity (Wildman–Crippen MR) is 62.0 cm³/mol. The minimum Gasteiger partial charge on any atom is -0.484 e. The van der Waals surface area contributed by atoms with Crippen molar-refractivity contribution in [1.29, 1.82) is 0 Å². The number of carbonyl (C=O) groups excluding carboxylic acids is 1. The number of likely N-dealkylation sites (N-methyl/N-ethyl adjacent to an activating group) is 1. The van der Waals surface area contributed by atoms with Gasteiger partial charge < -0.3 is 20.9 Å². The summed E-state index contributed by atoms with van der Waals surface area (Å²) in [7, 11) is 0. The molecule has 0 aliphatic rings. The second-order valence-electron chi connectivity index (χ2n) is 3.30. The van der Waals surface area contributed by atoms with Gasteiger partial charge in [0.15, 0.2) is 6.61 Å². The van der Waals surface area contributed by atoms with Crippen molar-refractivity contribution >= 4 is 17.6 Å². The van der Waals surface area contributed by atoms with E-state index in [1.165, 1.54) is 18.2 Å². The Morgan fingerprint density at radius 3 is 2.71 bits per heavy atom. The van der Waals surface area contributed by atoms with Crippen LogP contribution in [0.2, 0.25) is 0 Å². The Morgan fingerprint density at radius 1 is 1.47 bits per heavy atom. The Labute approximate surface area is 98.4 Å². The van der Waals surface area contributed by atoms with Crippen LogP contribution in [0, 0.1) is 0 Å². The first-order chi connectivity index (χ1) is 8.04. The molecule has 1 rings (SSSR count). The molecule has 1 amide bonds. The lowest BCUT2D eigenvalue weighted by molar-refractivity contribution is -0.122. The number of benzene rings is 1. The summed E-state index contributed by atoms with van der Waals surface area (Å²) in [6.07, 6.45) is 0. The fraction of sp³-hybridized carbons (Fsp3) is 0.273. The lowest BCUT2D eigenvalue weighted by Crippen LogP contribution is -2.28. The second kappa shape index (κ2) is 5.74. The highest BCUT2D eigenvalue weighted by Crippen LogP contribution is 2.19. The quantitative estimate of drug-likeness (QED) is 0.648. The van der Waals surface area contributed by atoms with Gasteiger partial charge in [-0.15, -0.1) is 0 Å². The Balaban J connectivity index is 2.65. The molecule has 0 saturated heterocycles. The van der Waals surface area contributed by atoms with Crippen LogP contribution in [0.15, 0.2) is 18.2 Å². The van der Waals surface area contributed by atoms with E-state index in [-0.39, 0.29) is 23.8 Å². The molecule has 17 heavy (non-hydrogen) atoms. The number of ether oxygens (including phenoxy) is 1. The summed E-state index contributed by atoms with van der Waals surface area (Å²) in [6, 6.07) is 4.17. The molecule has 0 spiro atoms. The van der Waals surface area contributed by atoms with E-state index >= 15 is 0 Å². The standard InChI is InChI=1S/C11H14N2O4/c1-2-13-10(14)6-17-7-3-4-8(11(15)16)9(12)5-7/h3-5H,2,6,12H2,1H3,(H,13,14)(H,15,16). The molecule has 4 N–H and O–H groups in total. The molecule has 0 fully saturated rings. The Kier molecular flexibility index (Phi) is 4.33. The third kappa shape index (κ3) is 3.67. The van der Waals surface area contributed by atoms with Crippen LogP contribution in [0.1, 0.15) is 17.3 Å². The smallest absolute Gasteiger partial charge is 0.337 e. The molecular formula is C11H14N2O4. The molecule has 0 atom stereocenters. The maximum absolute atomic E-state index is 11.1. The maximum Gasteiger partial charge on any atom is 0.337 e. The Bertz CT molecular complexity index is 431. The molecule has 0 saturated carbocycles. The zero-order valence-electron chi connectivity index (χ0n) is 9.40. The van der Waals surface area contributed by atoms with Crippen molar-refractivity contribution in [3.63, 3.8) is 0 Å². The van der Waals surface area contributed by atoms with Gasteiger partial charge in [-0.05, 0) is 19.1 Å². The van der Waals surface area contributed by atoms with Gasteiger partial charge in [-0.25, -0.2) is 4.79 Å². The number of rotatable bonds is 5. The Hall–Kier alpha value is -2.24. The number of amides is 1. The number of carbonyl (C=O) groups is 2. The summed E-state index contributed by atoms with van der Waals surface area (Å²) >= 11 is 0. The molecule has 0 aliphatic heterocycles. The second-order valence-corrected chi connectivity index (χ2v) is 3.30. The van der Waals surface area contributed by atoms with Gasteiger partial charge in [-0.2, -0.15) is 0 Å². The van der Waals surface area contributed by atoms with Crippen LogP contribution in [0.3, 0.4) is 0 Å². The van der Waals surface area contributed by atoms with Crippen molar-refractivity contribution in [2.24, 2.45) is 0 Å².